The van der Waals surface area contributed by atoms with Crippen LogP contribution in [0.3, 0.4) is 0 Å². The number of aromatic carboxylic acids is 1. The molecule has 0 bridgehead atoms. The summed E-state index contributed by atoms with van der Waals surface area (Å²) >= 11 is 0. The first-order chi connectivity index (χ1) is 9.15. The molecule has 3 aromatic rings. The quantitative estimate of drug-likeness (QED) is 0.767. The van der Waals surface area contributed by atoms with Gasteiger partial charge in [0, 0.05) is 11.6 Å². The minimum Gasteiger partial charge on any atom is -0.478 e. The zero-order valence-corrected chi connectivity index (χ0v) is 9.75. The van der Waals surface area contributed by atoms with E-state index in [0.29, 0.717) is 5.82 Å². The van der Waals surface area contributed by atoms with Gasteiger partial charge < -0.3 is 9.67 Å². The van der Waals surface area contributed by atoms with Crippen LogP contribution in [0.1, 0.15) is 10.4 Å². The van der Waals surface area contributed by atoms with Crippen molar-refractivity contribution in [3.63, 3.8) is 0 Å². The highest BCUT2D eigenvalue weighted by Crippen LogP contribution is 2.20. The first kappa shape index (κ1) is 11.4. The minimum absolute atomic E-state index is 0.234. The van der Waals surface area contributed by atoms with Crippen LogP contribution < -0.4 is 0 Å². The van der Waals surface area contributed by atoms with Crippen molar-refractivity contribution in [3.05, 3.63) is 60.2 Å². The monoisotopic (exact) mass is 256 g/mol. The number of rotatable bonds is 2. The Morgan fingerprint density at radius 3 is 2.74 bits per heavy atom. The molecule has 19 heavy (non-hydrogen) atoms. The number of carbonyl (C=O) groups is 1. The van der Waals surface area contributed by atoms with Crippen molar-refractivity contribution in [3.8, 4) is 5.82 Å². The predicted molar refractivity (Wildman–Crippen MR) is 68.0 cm³/mol. The molecule has 0 radical (unpaired) electrons. The number of pyridine rings is 1. The lowest BCUT2D eigenvalue weighted by molar-refractivity contribution is 0.0697. The van der Waals surface area contributed by atoms with Gasteiger partial charge in [0.15, 0.2) is 0 Å². The van der Waals surface area contributed by atoms with E-state index in [9.17, 15) is 9.18 Å². The van der Waals surface area contributed by atoms with Gasteiger partial charge in [0.25, 0.3) is 0 Å². The maximum absolute atomic E-state index is 12.8. The summed E-state index contributed by atoms with van der Waals surface area (Å²) in [6.07, 6.45) is 2.92. The zero-order valence-electron chi connectivity index (χ0n) is 9.75. The summed E-state index contributed by atoms with van der Waals surface area (Å²) in [7, 11) is 0. The Bertz CT molecular complexity index is 763. The Balaban J connectivity index is 2.15. The Labute approximate surface area is 107 Å². The van der Waals surface area contributed by atoms with E-state index >= 15 is 0 Å². The summed E-state index contributed by atoms with van der Waals surface area (Å²) in [6.45, 7) is 0. The summed E-state index contributed by atoms with van der Waals surface area (Å²) in [5.74, 6) is -0.776. The van der Waals surface area contributed by atoms with Gasteiger partial charge in [-0.2, -0.15) is 0 Å². The second kappa shape index (κ2) is 4.20. The van der Waals surface area contributed by atoms with E-state index in [2.05, 4.69) is 4.98 Å². The van der Waals surface area contributed by atoms with Crippen LogP contribution in [-0.2, 0) is 0 Å². The number of halogens is 1. The third-order valence-electron chi connectivity index (χ3n) is 2.90. The molecule has 1 aromatic carbocycles. The summed E-state index contributed by atoms with van der Waals surface area (Å²) in [5.41, 5.74) is 1.06. The largest absolute Gasteiger partial charge is 0.478 e. The molecule has 0 aliphatic rings. The molecule has 0 saturated heterocycles. The van der Waals surface area contributed by atoms with Crippen LogP contribution in [-0.4, -0.2) is 20.6 Å². The van der Waals surface area contributed by atoms with Crippen molar-refractivity contribution in [1.29, 1.82) is 0 Å². The number of carboxylic acid groups (broad SMARTS) is 1. The predicted octanol–water partition coefficient (Wildman–Crippen LogP) is 2.86. The number of nitrogens with zero attached hydrogens (tertiary/aromatic N) is 2. The Kier molecular flexibility index (Phi) is 2.52. The molecule has 4 nitrogen and oxygen atoms in total. The molecule has 94 valence electrons. The van der Waals surface area contributed by atoms with Gasteiger partial charge in [-0.1, -0.05) is 0 Å². The SMILES string of the molecule is O=C(O)c1ccc2c(ccn2-c2ccc(F)cn2)c1. The Morgan fingerprint density at radius 1 is 1.21 bits per heavy atom. The molecule has 0 spiro atoms. The number of carboxylic acids is 1. The molecular weight excluding hydrogens is 247 g/mol. The molecule has 0 saturated carbocycles. The van der Waals surface area contributed by atoms with Gasteiger partial charge in [0.1, 0.15) is 11.6 Å². The van der Waals surface area contributed by atoms with Crippen LogP contribution in [0.15, 0.2) is 48.8 Å². The van der Waals surface area contributed by atoms with Crippen molar-refractivity contribution in [2.24, 2.45) is 0 Å². The van der Waals surface area contributed by atoms with E-state index in [1.54, 1.807) is 35.0 Å². The fourth-order valence-electron chi connectivity index (χ4n) is 1.99. The first-order valence-corrected chi connectivity index (χ1v) is 5.61. The van der Waals surface area contributed by atoms with Crippen molar-refractivity contribution in [2.75, 3.05) is 0 Å². The van der Waals surface area contributed by atoms with E-state index in [-0.39, 0.29) is 5.56 Å². The van der Waals surface area contributed by atoms with Crippen molar-refractivity contribution in [2.45, 2.75) is 0 Å². The first-order valence-electron chi connectivity index (χ1n) is 5.61. The molecule has 0 unspecified atom stereocenters. The molecule has 0 aliphatic carbocycles. The fraction of sp³-hybridized carbons (Fsp3) is 0. The standard InChI is InChI=1S/C14H9FN2O2/c15-11-2-4-13(16-8-11)17-6-5-9-7-10(14(18)19)1-3-12(9)17/h1-8H,(H,18,19). The average Bonchev–Trinajstić information content (AvgIpc) is 2.82. The number of benzene rings is 1. The molecule has 0 aliphatic heterocycles. The lowest BCUT2D eigenvalue weighted by Gasteiger charge is -2.04. The number of fused-ring (bicyclic) bond motifs is 1. The van der Waals surface area contributed by atoms with E-state index in [1.807, 2.05) is 0 Å². The maximum Gasteiger partial charge on any atom is 0.335 e. The smallest absolute Gasteiger partial charge is 0.335 e. The molecule has 2 heterocycles. The minimum atomic E-state index is -0.963. The molecule has 0 amide bonds. The summed E-state index contributed by atoms with van der Waals surface area (Å²) in [6, 6.07) is 9.54. The average molecular weight is 256 g/mol. The summed E-state index contributed by atoms with van der Waals surface area (Å²) in [4.78, 5) is 14.9. The third kappa shape index (κ3) is 1.95. The van der Waals surface area contributed by atoms with Crippen LogP contribution in [0.2, 0.25) is 0 Å². The van der Waals surface area contributed by atoms with Gasteiger partial charge in [0.2, 0.25) is 0 Å². The topological polar surface area (TPSA) is 55.1 Å². The highest BCUT2D eigenvalue weighted by Gasteiger charge is 2.08. The van der Waals surface area contributed by atoms with Gasteiger partial charge in [-0.15, -0.1) is 0 Å². The lowest BCUT2D eigenvalue weighted by atomic mass is 10.1. The van der Waals surface area contributed by atoms with Crippen molar-refractivity contribution < 1.29 is 14.3 Å². The van der Waals surface area contributed by atoms with E-state index in [1.165, 1.54) is 12.1 Å². The van der Waals surface area contributed by atoms with Crippen LogP contribution >= 0.6 is 0 Å². The van der Waals surface area contributed by atoms with Crippen LogP contribution in [0.5, 0.6) is 0 Å². The Hall–Kier alpha value is -2.69. The van der Waals surface area contributed by atoms with Gasteiger partial charge in [0.05, 0.1) is 17.3 Å². The molecular formula is C14H9FN2O2. The van der Waals surface area contributed by atoms with Crippen LogP contribution in [0, 0.1) is 5.82 Å². The van der Waals surface area contributed by atoms with Crippen molar-refractivity contribution >= 4 is 16.9 Å². The second-order valence-electron chi connectivity index (χ2n) is 4.10. The highest BCUT2D eigenvalue weighted by molar-refractivity contribution is 5.94. The molecule has 3 rings (SSSR count). The summed E-state index contributed by atoms with van der Waals surface area (Å²) in [5, 5.41) is 9.74. The molecule has 2 aromatic heterocycles. The number of hydrogen-bond acceptors (Lipinski definition) is 2. The fourth-order valence-corrected chi connectivity index (χ4v) is 1.99. The highest BCUT2D eigenvalue weighted by atomic mass is 19.1. The van der Waals surface area contributed by atoms with Gasteiger partial charge >= 0.3 is 5.97 Å². The second-order valence-corrected chi connectivity index (χ2v) is 4.10. The lowest BCUT2D eigenvalue weighted by Crippen LogP contribution is -1.97. The molecule has 1 N–H and O–H groups in total. The summed E-state index contributed by atoms with van der Waals surface area (Å²) < 4.78 is 14.6. The third-order valence-corrected chi connectivity index (χ3v) is 2.90. The van der Waals surface area contributed by atoms with Crippen molar-refractivity contribution in [1.82, 2.24) is 9.55 Å². The molecule has 0 fully saturated rings. The molecule has 5 heteroatoms. The van der Waals surface area contributed by atoms with E-state index in [4.69, 9.17) is 5.11 Å². The van der Waals surface area contributed by atoms with Crippen LogP contribution in [0.25, 0.3) is 16.7 Å². The van der Waals surface area contributed by atoms with Gasteiger partial charge in [-0.25, -0.2) is 14.2 Å². The molecule has 0 atom stereocenters. The van der Waals surface area contributed by atoms with Gasteiger partial charge in [-0.05, 0) is 36.4 Å². The Morgan fingerprint density at radius 2 is 2.05 bits per heavy atom. The normalized spacial score (nSPS) is 10.8. The maximum atomic E-state index is 12.8. The van der Waals surface area contributed by atoms with E-state index < -0.39 is 11.8 Å². The van der Waals surface area contributed by atoms with E-state index in [0.717, 1.165) is 17.1 Å². The number of hydrogen-bond donors (Lipinski definition) is 1. The zero-order chi connectivity index (χ0) is 13.4. The number of aromatic nitrogens is 2. The van der Waals surface area contributed by atoms with Gasteiger partial charge in [-0.3, -0.25) is 0 Å². The van der Waals surface area contributed by atoms with Crippen LogP contribution in [0.4, 0.5) is 4.39 Å².